The van der Waals surface area contributed by atoms with E-state index in [1.54, 1.807) is 11.3 Å². The maximum absolute atomic E-state index is 5.80. The molecule has 7 heteroatoms. The minimum Gasteiger partial charge on any atom is -0.381 e. The van der Waals surface area contributed by atoms with Gasteiger partial charge < -0.3 is 20.1 Å². The van der Waals surface area contributed by atoms with Crippen LogP contribution in [0.15, 0.2) is 29.3 Å². The summed E-state index contributed by atoms with van der Waals surface area (Å²) in [6, 6.07) is 8.32. The highest BCUT2D eigenvalue weighted by Gasteiger charge is 2.13. The Kier molecular flexibility index (Phi) is 9.00. The number of hydrogen-bond donors (Lipinski definition) is 2. The average molecular weight is 405 g/mol. The summed E-state index contributed by atoms with van der Waals surface area (Å²) in [6.07, 6.45) is 5.27. The molecule has 0 aliphatic carbocycles. The van der Waals surface area contributed by atoms with E-state index in [4.69, 9.17) is 9.47 Å². The van der Waals surface area contributed by atoms with Crippen molar-refractivity contribution >= 4 is 27.5 Å². The first kappa shape index (κ1) is 21.0. The van der Waals surface area contributed by atoms with Crippen LogP contribution in [0, 0.1) is 5.92 Å². The lowest BCUT2D eigenvalue weighted by Crippen LogP contribution is -2.38. The van der Waals surface area contributed by atoms with Crippen LogP contribution < -0.4 is 10.6 Å². The van der Waals surface area contributed by atoms with Crippen molar-refractivity contribution in [3.05, 3.63) is 29.3 Å². The molecule has 1 saturated heterocycles. The smallest absolute Gasteiger partial charge is 0.190 e. The van der Waals surface area contributed by atoms with Crippen molar-refractivity contribution in [3.63, 3.8) is 0 Å². The van der Waals surface area contributed by atoms with Gasteiger partial charge in [0.1, 0.15) is 0 Å². The zero-order chi connectivity index (χ0) is 19.4. The second-order valence-corrected chi connectivity index (χ2v) is 8.20. The van der Waals surface area contributed by atoms with Crippen molar-refractivity contribution in [3.8, 4) is 0 Å². The van der Waals surface area contributed by atoms with Gasteiger partial charge >= 0.3 is 0 Å². The molecule has 1 aromatic carbocycles. The maximum atomic E-state index is 5.80. The lowest BCUT2D eigenvalue weighted by molar-refractivity contribution is 0.0203. The Labute approximate surface area is 171 Å². The third kappa shape index (κ3) is 7.04. The number of benzene rings is 1. The molecule has 2 N–H and O–H groups in total. The van der Waals surface area contributed by atoms with Gasteiger partial charge in [-0.1, -0.05) is 12.1 Å². The molecule has 0 radical (unpaired) electrons. The van der Waals surface area contributed by atoms with Crippen LogP contribution >= 0.6 is 11.3 Å². The summed E-state index contributed by atoms with van der Waals surface area (Å²) in [5, 5.41) is 7.93. The normalized spacial score (nSPS) is 15.8. The number of guanidine groups is 1. The lowest BCUT2D eigenvalue weighted by atomic mass is 10.0. The zero-order valence-corrected chi connectivity index (χ0v) is 17.6. The third-order valence-electron chi connectivity index (χ3n) is 4.87. The predicted octanol–water partition coefficient (Wildman–Crippen LogP) is 3.23. The minimum atomic E-state index is 0.673. The number of para-hydroxylation sites is 1. The number of ether oxygens (including phenoxy) is 2. The Morgan fingerprint density at radius 2 is 2.00 bits per heavy atom. The second kappa shape index (κ2) is 12.0. The van der Waals surface area contributed by atoms with Gasteiger partial charge in [-0.05, 0) is 43.7 Å². The highest BCUT2D eigenvalue weighted by atomic mass is 32.1. The maximum Gasteiger partial charge on any atom is 0.190 e. The fourth-order valence-electron chi connectivity index (χ4n) is 3.24. The molecule has 3 rings (SSSR count). The molecular formula is C21H32N4O2S. The van der Waals surface area contributed by atoms with Crippen LogP contribution in [0.1, 0.15) is 30.7 Å². The molecule has 1 aliphatic rings. The number of aryl methyl sites for hydroxylation is 1. The van der Waals surface area contributed by atoms with E-state index in [0.29, 0.717) is 5.92 Å². The van der Waals surface area contributed by atoms with E-state index in [1.807, 2.05) is 13.1 Å². The van der Waals surface area contributed by atoms with Crippen LogP contribution in [-0.2, 0) is 15.9 Å². The van der Waals surface area contributed by atoms with Crippen LogP contribution in [0.4, 0.5) is 0 Å². The molecule has 2 heterocycles. The Morgan fingerprint density at radius 1 is 1.21 bits per heavy atom. The van der Waals surface area contributed by atoms with Crippen LogP contribution in [0.25, 0.3) is 10.2 Å². The zero-order valence-electron chi connectivity index (χ0n) is 16.8. The first-order chi connectivity index (χ1) is 13.8. The van der Waals surface area contributed by atoms with Crippen LogP contribution in [0.2, 0.25) is 0 Å². The van der Waals surface area contributed by atoms with Crippen LogP contribution in [0.3, 0.4) is 0 Å². The number of nitrogens with zero attached hydrogens (tertiary/aromatic N) is 2. The molecule has 0 bridgehead atoms. The Balaban J connectivity index is 1.22. The van der Waals surface area contributed by atoms with Gasteiger partial charge in [-0.3, -0.25) is 4.99 Å². The highest BCUT2D eigenvalue weighted by molar-refractivity contribution is 7.18. The van der Waals surface area contributed by atoms with Gasteiger partial charge in [-0.15, -0.1) is 11.3 Å². The van der Waals surface area contributed by atoms with E-state index < -0.39 is 0 Å². The molecule has 2 aromatic rings. The van der Waals surface area contributed by atoms with E-state index in [9.17, 15) is 0 Å². The lowest BCUT2D eigenvalue weighted by Gasteiger charge is -2.21. The summed E-state index contributed by atoms with van der Waals surface area (Å²) in [5.41, 5.74) is 1.10. The van der Waals surface area contributed by atoms with Gasteiger partial charge in [0.25, 0.3) is 0 Å². The molecule has 0 spiro atoms. The van der Waals surface area contributed by atoms with E-state index in [-0.39, 0.29) is 0 Å². The standard InChI is InChI=1S/C21H32N4O2S/c1-22-21(24-12-5-13-27-16-17-9-14-26-15-10-17)23-11-4-8-20-25-18-6-2-3-7-19(18)28-20/h2-3,6-7,17H,4-5,8-16H2,1H3,(H2,22,23,24). The van der Waals surface area contributed by atoms with Gasteiger partial charge in [-0.2, -0.15) is 0 Å². The van der Waals surface area contributed by atoms with Crippen molar-refractivity contribution < 1.29 is 9.47 Å². The Morgan fingerprint density at radius 3 is 2.79 bits per heavy atom. The van der Waals surface area contributed by atoms with Gasteiger partial charge in [-0.25, -0.2) is 4.98 Å². The topological polar surface area (TPSA) is 67.8 Å². The Bertz CT molecular complexity index is 695. The van der Waals surface area contributed by atoms with E-state index in [2.05, 4.69) is 38.8 Å². The fraction of sp³-hybridized carbons (Fsp3) is 0.619. The molecule has 6 nitrogen and oxygen atoms in total. The van der Waals surface area contributed by atoms with E-state index in [1.165, 1.54) is 9.71 Å². The first-order valence-corrected chi connectivity index (χ1v) is 11.1. The largest absolute Gasteiger partial charge is 0.381 e. The van der Waals surface area contributed by atoms with Gasteiger partial charge in [0.05, 0.1) is 15.2 Å². The summed E-state index contributed by atoms with van der Waals surface area (Å²) in [6.45, 7) is 5.18. The monoisotopic (exact) mass is 404 g/mol. The number of aliphatic imine (C=N–C) groups is 1. The number of hydrogen-bond acceptors (Lipinski definition) is 5. The SMILES string of the molecule is CN=C(NCCCOCC1CCOCC1)NCCCc1nc2ccccc2s1. The number of thiazole rings is 1. The summed E-state index contributed by atoms with van der Waals surface area (Å²) < 4.78 is 12.4. The second-order valence-electron chi connectivity index (χ2n) is 7.09. The number of nitrogens with one attached hydrogen (secondary N) is 2. The van der Waals surface area contributed by atoms with Crippen LogP contribution in [-0.4, -0.2) is 57.5 Å². The van der Waals surface area contributed by atoms with Crippen molar-refractivity contribution in [2.24, 2.45) is 10.9 Å². The molecule has 0 atom stereocenters. The Hall–Kier alpha value is -1.70. The summed E-state index contributed by atoms with van der Waals surface area (Å²) in [7, 11) is 1.81. The molecule has 154 valence electrons. The van der Waals surface area contributed by atoms with Crippen LogP contribution in [0.5, 0.6) is 0 Å². The fourth-order valence-corrected chi connectivity index (χ4v) is 4.25. The minimum absolute atomic E-state index is 0.673. The third-order valence-corrected chi connectivity index (χ3v) is 5.97. The van der Waals surface area contributed by atoms with E-state index in [0.717, 1.165) is 83.1 Å². The van der Waals surface area contributed by atoms with Crippen molar-refractivity contribution in [1.29, 1.82) is 0 Å². The predicted molar refractivity (Wildman–Crippen MR) is 116 cm³/mol. The number of fused-ring (bicyclic) bond motifs is 1. The van der Waals surface area contributed by atoms with Gasteiger partial charge in [0.15, 0.2) is 5.96 Å². The molecule has 0 unspecified atom stereocenters. The highest BCUT2D eigenvalue weighted by Crippen LogP contribution is 2.22. The summed E-state index contributed by atoms with van der Waals surface area (Å²) in [5.74, 6) is 1.53. The molecular weight excluding hydrogens is 372 g/mol. The average Bonchev–Trinajstić information content (AvgIpc) is 3.15. The molecule has 1 aromatic heterocycles. The molecule has 0 saturated carbocycles. The van der Waals surface area contributed by atoms with Crippen molar-refractivity contribution in [2.75, 3.05) is 46.6 Å². The summed E-state index contributed by atoms with van der Waals surface area (Å²) in [4.78, 5) is 8.97. The van der Waals surface area contributed by atoms with Gasteiger partial charge in [0.2, 0.25) is 0 Å². The van der Waals surface area contributed by atoms with E-state index >= 15 is 0 Å². The molecule has 1 fully saturated rings. The quantitative estimate of drug-likeness (QED) is 0.362. The molecule has 1 aliphatic heterocycles. The molecule has 0 amide bonds. The number of aromatic nitrogens is 1. The van der Waals surface area contributed by atoms with Crippen molar-refractivity contribution in [1.82, 2.24) is 15.6 Å². The van der Waals surface area contributed by atoms with Crippen molar-refractivity contribution in [2.45, 2.75) is 32.1 Å². The number of rotatable bonds is 10. The first-order valence-electron chi connectivity index (χ1n) is 10.3. The molecule has 28 heavy (non-hydrogen) atoms. The summed E-state index contributed by atoms with van der Waals surface area (Å²) >= 11 is 1.79. The van der Waals surface area contributed by atoms with Gasteiger partial charge in [0, 0.05) is 53.0 Å².